The lowest BCUT2D eigenvalue weighted by Gasteiger charge is -2.41. The van der Waals surface area contributed by atoms with Gasteiger partial charge in [0.15, 0.2) is 0 Å². The molecule has 0 amide bonds. The third-order valence-electron chi connectivity index (χ3n) is 3.63. The number of rotatable bonds is 4. The molecule has 1 aliphatic heterocycles. The van der Waals surface area contributed by atoms with Gasteiger partial charge < -0.3 is 15.1 Å². The summed E-state index contributed by atoms with van der Waals surface area (Å²) in [6.45, 7) is 5.18. The van der Waals surface area contributed by atoms with Crippen LogP contribution in [0.5, 0.6) is 0 Å². The molecule has 0 bridgehead atoms. The number of aromatic nitrogens is 2. The Morgan fingerprint density at radius 2 is 2.22 bits per heavy atom. The lowest BCUT2D eigenvalue weighted by Crippen LogP contribution is -2.55. The Morgan fingerprint density at radius 1 is 1.44 bits per heavy atom. The average Bonchev–Trinajstić information content (AvgIpc) is 2.82. The molecule has 0 radical (unpaired) electrons. The van der Waals surface area contributed by atoms with Crippen LogP contribution in [0, 0.1) is 0 Å². The fourth-order valence-electron chi connectivity index (χ4n) is 2.24. The molecule has 2 rings (SSSR count). The van der Waals surface area contributed by atoms with Crippen LogP contribution in [0.4, 0.5) is 5.13 Å². The molecular weight excluding hydrogens is 250 g/mol. The Labute approximate surface area is 111 Å². The number of aliphatic hydroxyl groups excluding tert-OH is 1. The van der Waals surface area contributed by atoms with E-state index in [1.54, 1.807) is 11.3 Å². The number of nitrogens with zero attached hydrogens (tertiary/aromatic N) is 3. The van der Waals surface area contributed by atoms with Crippen molar-refractivity contribution < 1.29 is 10.2 Å². The second kappa shape index (κ2) is 5.50. The maximum Gasteiger partial charge on any atom is 0.208 e. The SMILES string of the molecule is CCCc1nnc(N2CC[C@@](O)(CC)[C@@H](O)C2)s1. The largest absolute Gasteiger partial charge is 0.388 e. The van der Waals surface area contributed by atoms with Crippen LogP contribution in [-0.4, -0.2) is 45.2 Å². The number of piperidine rings is 1. The van der Waals surface area contributed by atoms with E-state index in [9.17, 15) is 10.2 Å². The molecule has 2 heterocycles. The Balaban J connectivity index is 2.03. The van der Waals surface area contributed by atoms with Crippen LogP contribution < -0.4 is 4.90 Å². The number of aryl methyl sites for hydroxylation is 1. The molecule has 1 aromatic heterocycles. The molecule has 1 aliphatic rings. The van der Waals surface area contributed by atoms with Crippen LogP contribution in [0.3, 0.4) is 0 Å². The molecule has 0 aliphatic carbocycles. The van der Waals surface area contributed by atoms with Crippen LogP contribution in [0.2, 0.25) is 0 Å². The first kappa shape index (κ1) is 13.7. The van der Waals surface area contributed by atoms with E-state index in [1.807, 2.05) is 11.8 Å². The minimum Gasteiger partial charge on any atom is -0.388 e. The number of hydrogen-bond donors (Lipinski definition) is 2. The van der Waals surface area contributed by atoms with Gasteiger partial charge in [-0.1, -0.05) is 25.2 Å². The van der Waals surface area contributed by atoms with Crippen molar-refractivity contribution in [3.05, 3.63) is 5.01 Å². The molecule has 5 nitrogen and oxygen atoms in total. The molecule has 1 aromatic rings. The van der Waals surface area contributed by atoms with Crippen LogP contribution in [0.1, 0.15) is 38.1 Å². The third-order valence-corrected chi connectivity index (χ3v) is 4.67. The monoisotopic (exact) mass is 271 g/mol. The number of aliphatic hydroxyl groups is 2. The van der Waals surface area contributed by atoms with Crippen molar-refractivity contribution in [3.63, 3.8) is 0 Å². The summed E-state index contributed by atoms with van der Waals surface area (Å²) in [6.07, 6.45) is 2.46. The summed E-state index contributed by atoms with van der Waals surface area (Å²) in [5.41, 5.74) is -0.937. The van der Waals surface area contributed by atoms with Crippen molar-refractivity contribution in [2.24, 2.45) is 0 Å². The van der Waals surface area contributed by atoms with E-state index in [1.165, 1.54) is 0 Å². The Morgan fingerprint density at radius 3 is 2.83 bits per heavy atom. The minimum absolute atomic E-state index is 0.436. The van der Waals surface area contributed by atoms with Gasteiger partial charge in [-0.15, -0.1) is 10.2 Å². The third kappa shape index (κ3) is 2.65. The molecule has 18 heavy (non-hydrogen) atoms. The van der Waals surface area contributed by atoms with Crippen molar-refractivity contribution in [2.75, 3.05) is 18.0 Å². The first-order valence-corrected chi connectivity index (χ1v) is 7.38. The molecular formula is C12H21N3O2S. The lowest BCUT2D eigenvalue weighted by molar-refractivity contribution is -0.0879. The molecule has 0 spiro atoms. The molecule has 0 saturated carbocycles. The van der Waals surface area contributed by atoms with Crippen LogP contribution in [0.25, 0.3) is 0 Å². The van der Waals surface area contributed by atoms with E-state index in [0.717, 1.165) is 29.5 Å². The van der Waals surface area contributed by atoms with Crippen molar-refractivity contribution in [3.8, 4) is 0 Å². The van der Waals surface area contributed by atoms with Crippen molar-refractivity contribution >= 4 is 16.5 Å². The number of anilines is 1. The number of β-amino-alcohol motifs (C(OH)–C–C–N with tert-alkyl or cyclic N) is 1. The predicted molar refractivity (Wildman–Crippen MR) is 72.0 cm³/mol. The van der Waals surface area contributed by atoms with Gasteiger partial charge in [-0.2, -0.15) is 0 Å². The summed E-state index contributed by atoms with van der Waals surface area (Å²) in [6, 6.07) is 0. The first-order valence-electron chi connectivity index (χ1n) is 6.57. The molecule has 2 N–H and O–H groups in total. The Bertz CT molecular complexity index is 398. The van der Waals surface area contributed by atoms with Gasteiger partial charge in [-0.3, -0.25) is 0 Å². The highest BCUT2D eigenvalue weighted by atomic mass is 32.1. The van der Waals surface area contributed by atoms with Gasteiger partial charge in [0.2, 0.25) is 5.13 Å². The highest BCUT2D eigenvalue weighted by Gasteiger charge is 2.39. The summed E-state index contributed by atoms with van der Waals surface area (Å²) in [7, 11) is 0. The Hall–Kier alpha value is -0.720. The maximum absolute atomic E-state index is 10.2. The zero-order valence-corrected chi connectivity index (χ0v) is 11.8. The van der Waals surface area contributed by atoms with E-state index in [-0.39, 0.29) is 0 Å². The van der Waals surface area contributed by atoms with E-state index >= 15 is 0 Å². The summed E-state index contributed by atoms with van der Waals surface area (Å²) >= 11 is 1.58. The van der Waals surface area contributed by atoms with E-state index in [2.05, 4.69) is 17.1 Å². The van der Waals surface area contributed by atoms with Gasteiger partial charge in [-0.05, 0) is 19.3 Å². The van der Waals surface area contributed by atoms with Crippen molar-refractivity contribution in [2.45, 2.75) is 51.2 Å². The minimum atomic E-state index is -0.937. The van der Waals surface area contributed by atoms with E-state index in [0.29, 0.717) is 19.4 Å². The molecule has 6 heteroatoms. The van der Waals surface area contributed by atoms with Gasteiger partial charge in [0, 0.05) is 19.5 Å². The smallest absolute Gasteiger partial charge is 0.208 e. The highest BCUT2D eigenvalue weighted by Crippen LogP contribution is 2.30. The summed E-state index contributed by atoms with van der Waals surface area (Å²) < 4.78 is 0. The van der Waals surface area contributed by atoms with Crippen LogP contribution in [0.15, 0.2) is 0 Å². The zero-order chi connectivity index (χ0) is 13.2. The van der Waals surface area contributed by atoms with Crippen LogP contribution >= 0.6 is 11.3 Å². The standard InChI is InChI=1S/C12H21N3O2S/c1-3-5-10-13-14-11(18-10)15-7-6-12(17,4-2)9(16)8-15/h9,16-17H,3-8H2,1-2H3/t9-,12-/m0/s1. The fraction of sp³-hybridized carbons (Fsp3) is 0.833. The summed E-state index contributed by atoms with van der Waals surface area (Å²) in [4.78, 5) is 2.02. The van der Waals surface area contributed by atoms with E-state index in [4.69, 9.17) is 0 Å². The average molecular weight is 271 g/mol. The highest BCUT2D eigenvalue weighted by molar-refractivity contribution is 7.15. The molecule has 1 saturated heterocycles. The Kier molecular flexibility index (Phi) is 4.19. The molecule has 1 fully saturated rings. The second-order valence-corrected chi connectivity index (χ2v) is 5.94. The molecule has 102 valence electrons. The molecule has 2 atom stereocenters. The summed E-state index contributed by atoms with van der Waals surface area (Å²) in [5, 5.41) is 30.4. The number of hydrogen-bond acceptors (Lipinski definition) is 6. The lowest BCUT2D eigenvalue weighted by atomic mass is 9.86. The van der Waals surface area contributed by atoms with Crippen LogP contribution in [-0.2, 0) is 6.42 Å². The predicted octanol–water partition coefficient (Wildman–Crippen LogP) is 1.20. The fourth-order valence-corrected chi connectivity index (χ4v) is 3.21. The van der Waals surface area contributed by atoms with Gasteiger partial charge in [0.25, 0.3) is 0 Å². The normalized spacial score (nSPS) is 28.7. The first-order chi connectivity index (χ1) is 8.59. The molecule has 0 unspecified atom stereocenters. The van der Waals surface area contributed by atoms with Gasteiger partial charge >= 0.3 is 0 Å². The van der Waals surface area contributed by atoms with Crippen molar-refractivity contribution in [1.29, 1.82) is 0 Å². The van der Waals surface area contributed by atoms with Crippen molar-refractivity contribution in [1.82, 2.24) is 10.2 Å². The topological polar surface area (TPSA) is 69.5 Å². The van der Waals surface area contributed by atoms with Gasteiger partial charge in [-0.25, -0.2) is 0 Å². The van der Waals surface area contributed by atoms with Gasteiger partial charge in [0.05, 0.1) is 5.60 Å². The zero-order valence-electron chi connectivity index (χ0n) is 11.0. The van der Waals surface area contributed by atoms with Gasteiger partial charge in [0.1, 0.15) is 11.1 Å². The second-order valence-electron chi connectivity index (χ2n) is 4.90. The molecule has 0 aromatic carbocycles. The quantitative estimate of drug-likeness (QED) is 0.861. The van der Waals surface area contributed by atoms with E-state index < -0.39 is 11.7 Å². The summed E-state index contributed by atoms with van der Waals surface area (Å²) in [5.74, 6) is 0. The maximum atomic E-state index is 10.2.